The first-order valence-corrected chi connectivity index (χ1v) is 5.72. The molecule has 0 saturated heterocycles. The molecule has 18 heavy (non-hydrogen) atoms. The number of hydrogen-bond acceptors (Lipinski definition) is 4. The van der Waals surface area contributed by atoms with Crippen LogP contribution in [-0.2, 0) is 13.5 Å². The van der Waals surface area contributed by atoms with E-state index in [0.29, 0.717) is 11.4 Å². The summed E-state index contributed by atoms with van der Waals surface area (Å²) >= 11 is 0. The van der Waals surface area contributed by atoms with Gasteiger partial charge in [-0.25, -0.2) is 4.98 Å². The molecule has 0 aliphatic rings. The topological polar surface area (TPSA) is 72.7 Å². The van der Waals surface area contributed by atoms with Gasteiger partial charge in [-0.05, 0) is 13.3 Å². The van der Waals surface area contributed by atoms with E-state index in [1.165, 1.54) is 6.20 Å². The lowest BCUT2D eigenvalue weighted by molar-refractivity contribution is 0.102. The van der Waals surface area contributed by atoms with Crippen molar-refractivity contribution in [1.29, 1.82) is 0 Å². The van der Waals surface area contributed by atoms with Crippen molar-refractivity contribution >= 4 is 11.6 Å². The van der Waals surface area contributed by atoms with Gasteiger partial charge in [0, 0.05) is 19.4 Å². The number of carbonyl (C=O) groups is 1. The van der Waals surface area contributed by atoms with Crippen LogP contribution in [0.3, 0.4) is 0 Å². The van der Waals surface area contributed by atoms with E-state index in [4.69, 9.17) is 0 Å². The fourth-order valence-electron chi connectivity index (χ4n) is 1.60. The Bertz CT molecular complexity index is 558. The summed E-state index contributed by atoms with van der Waals surface area (Å²) in [4.78, 5) is 20.0. The second-order valence-corrected chi connectivity index (χ2v) is 4.01. The number of carbonyl (C=O) groups excluding carboxylic acids is 1. The molecule has 94 valence electrons. The van der Waals surface area contributed by atoms with E-state index in [2.05, 4.69) is 20.4 Å². The summed E-state index contributed by atoms with van der Waals surface area (Å²) in [7, 11) is 1.82. The van der Waals surface area contributed by atoms with Crippen LogP contribution in [0.15, 0.2) is 18.6 Å². The van der Waals surface area contributed by atoms with Crippen LogP contribution in [-0.4, -0.2) is 25.7 Å². The van der Waals surface area contributed by atoms with Crippen LogP contribution in [0, 0.1) is 6.92 Å². The standard InChI is InChI=1S/C12H15N5O/c1-4-9-11(7-17(3)16-9)15-12(18)10-6-13-8(2)5-14-10/h5-7H,4H2,1-3H3,(H,15,18). The van der Waals surface area contributed by atoms with Crippen LogP contribution in [0.2, 0.25) is 0 Å². The maximum absolute atomic E-state index is 12.0. The normalized spacial score (nSPS) is 10.4. The average Bonchev–Trinajstić information content (AvgIpc) is 2.70. The van der Waals surface area contributed by atoms with Gasteiger partial charge in [0.05, 0.1) is 23.3 Å². The molecule has 6 nitrogen and oxygen atoms in total. The minimum atomic E-state index is -0.273. The number of aryl methyl sites for hydroxylation is 3. The summed E-state index contributed by atoms with van der Waals surface area (Å²) in [5, 5.41) is 7.05. The Morgan fingerprint density at radius 3 is 2.78 bits per heavy atom. The maximum Gasteiger partial charge on any atom is 0.275 e. The number of aromatic nitrogens is 4. The Kier molecular flexibility index (Phi) is 3.36. The molecule has 0 aliphatic heterocycles. The average molecular weight is 245 g/mol. The molecule has 0 aliphatic carbocycles. The molecule has 0 unspecified atom stereocenters. The molecular formula is C12H15N5O. The summed E-state index contributed by atoms with van der Waals surface area (Å²) in [6.07, 6.45) is 5.57. The van der Waals surface area contributed by atoms with Crippen molar-refractivity contribution in [3.8, 4) is 0 Å². The van der Waals surface area contributed by atoms with Gasteiger partial charge in [0.1, 0.15) is 5.69 Å². The molecule has 2 aromatic rings. The molecule has 0 radical (unpaired) electrons. The highest BCUT2D eigenvalue weighted by Crippen LogP contribution is 2.14. The molecule has 0 atom stereocenters. The van der Waals surface area contributed by atoms with Gasteiger partial charge in [-0.1, -0.05) is 6.92 Å². The van der Waals surface area contributed by atoms with E-state index in [1.807, 2.05) is 20.9 Å². The molecule has 6 heteroatoms. The summed E-state index contributed by atoms with van der Waals surface area (Å²) < 4.78 is 1.68. The zero-order valence-electron chi connectivity index (χ0n) is 10.6. The molecule has 0 bridgehead atoms. The van der Waals surface area contributed by atoms with Crippen molar-refractivity contribution in [1.82, 2.24) is 19.7 Å². The first-order chi connectivity index (χ1) is 8.60. The highest BCUT2D eigenvalue weighted by molar-refractivity contribution is 6.02. The number of anilines is 1. The van der Waals surface area contributed by atoms with Gasteiger partial charge in [0.2, 0.25) is 0 Å². The fourth-order valence-corrected chi connectivity index (χ4v) is 1.60. The quantitative estimate of drug-likeness (QED) is 0.885. The lowest BCUT2D eigenvalue weighted by Crippen LogP contribution is -2.14. The largest absolute Gasteiger partial charge is 0.318 e. The molecule has 0 aromatic carbocycles. The van der Waals surface area contributed by atoms with E-state index >= 15 is 0 Å². The molecule has 1 amide bonds. The third-order valence-electron chi connectivity index (χ3n) is 2.50. The minimum absolute atomic E-state index is 0.273. The molecule has 2 heterocycles. The van der Waals surface area contributed by atoms with Crippen molar-refractivity contribution in [2.24, 2.45) is 7.05 Å². The number of amides is 1. The highest BCUT2D eigenvalue weighted by atomic mass is 16.1. The highest BCUT2D eigenvalue weighted by Gasteiger charge is 2.12. The zero-order valence-corrected chi connectivity index (χ0v) is 10.6. The Morgan fingerprint density at radius 1 is 1.39 bits per heavy atom. The number of hydrogen-bond donors (Lipinski definition) is 1. The van der Waals surface area contributed by atoms with Gasteiger partial charge >= 0.3 is 0 Å². The van der Waals surface area contributed by atoms with Crippen LogP contribution in [0.5, 0.6) is 0 Å². The van der Waals surface area contributed by atoms with Crippen molar-refractivity contribution < 1.29 is 4.79 Å². The summed E-state index contributed by atoms with van der Waals surface area (Å²) in [5.41, 5.74) is 2.65. The Hall–Kier alpha value is -2.24. The van der Waals surface area contributed by atoms with Gasteiger partial charge in [-0.2, -0.15) is 5.10 Å². The molecule has 1 N–H and O–H groups in total. The monoisotopic (exact) mass is 245 g/mol. The molecule has 2 aromatic heterocycles. The lowest BCUT2D eigenvalue weighted by Gasteiger charge is -2.03. The van der Waals surface area contributed by atoms with Crippen LogP contribution < -0.4 is 5.32 Å². The van der Waals surface area contributed by atoms with E-state index in [1.54, 1.807) is 17.1 Å². The second-order valence-electron chi connectivity index (χ2n) is 4.01. The van der Waals surface area contributed by atoms with Crippen molar-refractivity contribution in [2.75, 3.05) is 5.32 Å². The Balaban J connectivity index is 2.18. The predicted octanol–water partition coefficient (Wildman–Crippen LogP) is 1.33. The van der Waals surface area contributed by atoms with Gasteiger partial charge in [0.25, 0.3) is 5.91 Å². The summed E-state index contributed by atoms with van der Waals surface area (Å²) in [6, 6.07) is 0. The number of rotatable bonds is 3. The third-order valence-corrected chi connectivity index (χ3v) is 2.50. The van der Waals surface area contributed by atoms with Crippen molar-refractivity contribution in [2.45, 2.75) is 20.3 Å². The van der Waals surface area contributed by atoms with Gasteiger partial charge < -0.3 is 5.32 Å². The zero-order chi connectivity index (χ0) is 13.1. The first-order valence-electron chi connectivity index (χ1n) is 5.72. The van der Waals surface area contributed by atoms with Crippen LogP contribution >= 0.6 is 0 Å². The van der Waals surface area contributed by atoms with Crippen LogP contribution in [0.4, 0.5) is 5.69 Å². The second kappa shape index (κ2) is 4.95. The fraction of sp³-hybridized carbons (Fsp3) is 0.333. The van der Waals surface area contributed by atoms with Crippen molar-refractivity contribution in [3.05, 3.63) is 35.7 Å². The molecule has 0 saturated carbocycles. The smallest absolute Gasteiger partial charge is 0.275 e. The van der Waals surface area contributed by atoms with Crippen LogP contribution in [0.1, 0.15) is 28.8 Å². The lowest BCUT2D eigenvalue weighted by atomic mass is 10.3. The van der Waals surface area contributed by atoms with E-state index in [9.17, 15) is 4.79 Å². The SMILES string of the molecule is CCc1nn(C)cc1NC(=O)c1cnc(C)cn1. The predicted molar refractivity (Wildman–Crippen MR) is 67.3 cm³/mol. The molecule has 0 spiro atoms. The van der Waals surface area contributed by atoms with E-state index in [-0.39, 0.29) is 5.91 Å². The van der Waals surface area contributed by atoms with E-state index in [0.717, 1.165) is 17.8 Å². The van der Waals surface area contributed by atoms with Gasteiger partial charge in [0.15, 0.2) is 0 Å². The van der Waals surface area contributed by atoms with Gasteiger partial charge in [-0.15, -0.1) is 0 Å². The van der Waals surface area contributed by atoms with Crippen molar-refractivity contribution in [3.63, 3.8) is 0 Å². The summed E-state index contributed by atoms with van der Waals surface area (Å²) in [5.74, 6) is -0.273. The number of nitrogens with zero attached hydrogens (tertiary/aromatic N) is 4. The van der Waals surface area contributed by atoms with Crippen LogP contribution in [0.25, 0.3) is 0 Å². The number of nitrogens with one attached hydrogen (secondary N) is 1. The Labute approximate surface area is 105 Å². The molecule has 2 rings (SSSR count). The Morgan fingerprint density at radius 2 is 2.17 bits per heavy atom. The van der Waals surface area contributed by atoms with Gasteiger partial charge in [-0.3, -0.25) is 14.5 Å². The maximum atomic E-state index is 12.0. The third kappa shape index (κ3) is 2.53. The minimum Gasteiger partial charge on any atom is -0.318 e. The van der Waals surface area contributed by atoms with E-state index < -0.39 is 0 Å². The molecule has 0 fully saturated rings. The molecular weight excluding hydrogens is 230 g/mol. The first kappa shape index (κ1) is 12.2. The summed E-state index contributed by atoms with van der Waals surface area (Å²) in [6.45, 7) is 3.81.